The lowest BCUT2D eigenvalue weighted by Crippen LogP contribution is -2.12. The fourth-order valence-electron chi connectivity index (χ4n) is 1.59. The van der Waals surface area contributed by atoms with E-state index in [-0.39, 0.29) is 0 Å². The topological polar surface area (TPSA) is 52.6 Å². The molecule has 0 unspecified atom stereocenters. The standard InChI is InChI=1S/C16H19ClO4/c1-3-12(4-2)11-20-15(18)8-9-16(19)21-14-7-5-6-13(17)10-14/h5-10,12H,3-4,11H2,1-2H3/b9-8+. The molecule has 1 rings (SSSR count). The van der Waals surface area contributed by atoms with Crippen molar-refractivity contribution in [3.63, 3.8) is 0 Å². The van der Waals surface area contributed by atoms with Crippen LogP contribution in [0.1, 0.15) is 26.7 Å². The van der Waals surface area contributed by atoms with Gasteiger partial charge in [0, 0.05) is 17.2 Å². The van der Waals surface area contributed by atoms with Gasteiger partial charge in [0.1, 0.15) is 5.75 Å². The molecule has 0 atom stereocenters. The molecule has 21 heavy (non-hydrogen) atoms. The van der Waals surface area contributed by atoms with Gasteiger partial charge in [0.2, 0.25) is 0 Å². The van der Waals surface area contributed by atoms with Gasteiger partial charge in [-0.05, 0) is 24.1 Å². The van der Waals surface area contributed by atoms with Crippen molar-refractivity contribution >= 4 is 23.5 Å². The quantitative estimate of drug-likeness (QED) is 0.437. The Morgan fingerprint density at radius 1 is 1.19 bits per heavy atom. The molecule has 4 nitrogen and oxygen atoms in total. The molecule has 0 heterocycles. The van der Waals surface area contributed by atoms with E-state index < -0.39 is 11.9 Å². The Labute approximate surface area is 129 Å². The summed E-state index contributed by atoms with van der Waals surface area (Å²) in [7, 11) is 0. The molecule has 0 saturated heterocycles. The first-order chi connectivity index (χ1) is 10.0. The summed E-state index contributed by atoms with van der Waals surface area (Å²) in [6.07, 6.45) is 4.00. The van der Waals surface area contributed by atoms with E-state index in [4.69, 9.17) is 21.1 Å². The highest BCUT2D eigenvalue weighted by atomic mass is 35.5. The molecule has 1 aromatic carbocycles. The minimum atomic E-state index is -0.656. The number of carbonyl (C=O) groups excluding carboxylic acids is 2. The molecule has 0 aromatic heterocycles. The maximum absolute atomic E-state index is 11.5. The van der Waals surface area contributed by atoms with Crippen molar-refractivity contribution in [1.82, 2.24) is 0 Å². The molecule has 0 spiro atoms. The van der Waals surface area contributed by atoms with Gasteiger partial charge in [0.05, 0.1) is 6.61 Å². The van der Waals surface area contributed by atoms with Gasteiger partial charge < -0.3 is 9.47 Å². The number of halogens is 1. The maximum Gasteiger partial charge on any atom is 0.336 e. The second-order valence-corrected chi connectivity index (χ2v) is 4.96. The van der Waals surface area contributed by atoms with Crippen molar-refractivity contribution in [2.24, 2.45) is 5.92 Å². The highest BCUT2D eigenvalue weighted by Crippen LogP contribution is 2.17. The zero-order valence-corrected chi connectivity index (χ0v) is 12.9. The third kappa shape index (κ3) is 6.95. The van der Waals surface area contributed by atoms with Crippen LogP contribution in [-0.4, -0.2) is 18.5 Å². The lowest BCUT2D eigenvalue weighted by atomic mass is 10.1. The van der Waals surface area contributed by atoms with E-state index in [1.807, 2.05) is 13.8 Å². The number of hydrogen-bond acceptors (Lipinski definition) is 4. The number of carbonyl (C=O) groups is 2. The van der Waals surface area contributed by atoms with E-state index in [2.05, 4.69) is 0 Å². The van der Waals surface area contributed by atoms with Crippen LogP contribution in [0.2, 0.25) is 5.02 Å². The predicted octanol–water partition coefficient (Wildman–Crippen LogP) is 3.78. The van der Waals surface area contributed by atoms with Crippen molar-refractivity contribution < 1.29 is 19.1 Å². The number of hydrogen-bond donors (Lipinski definition) is 0. The van der Waals surface area contributed by atoms with Gasteiger partial charge in [-0.1, -0.05) is 44.4 Å². The summed E-state index contributed by atoms with van der Waals surface area (Å²) in [5.41, 5.74) is 0. The second-order valence-electron chi connectivity index (χ2n) is 4.52. The van der Waals surface area contributed by atoms with Crippen molar-refractivity contribution in [2.45, 2.75) is 26.7 Å². The SMILES string of the molecule is CCC(CC)COC(=O)/C=C/C(=O)Oc1cccc(Cl)c1. The first-order valence-corrected chi connectivity index (χ1v) is 7.25. The van der Waals surface area contributed by atoms with Crippen LogP contribution in [0.15, 0.2) is 36.4 Å². The number of ether oxygens (including phenoxy) is 2. The molecule has 0 radical (unpaired) electrons. The Morgan fingerprint density at radius 2 is 1.86 bits per heavy atom. The van der Waals surface area contributed by atoms with E-state index in [1.54, 1.807) is 18.2 Å². The molecule has 0 bridgehead atoms. The van der Waals surface area contributed by atoms with Crippen LogP contribution in [0.25, 0.3) is 0 Å². The second kappa shape index (κ2) is 9.19. The fraction of sp³-hybridized carbons (Fsp3) is 0.375. The molecule has 0 amide bonds. The van der Waals surface area contributed by atoms with Gasteiger partial charge in [0.25, 0.3) is 0 Å². The van der Waals surface area contributed by atoms with Gasteiger partial charge in [-0.2, -0.15) is 0 Å². The summed E-state index contributed by atoms with van der Waals surface area (Å²) in [4.78, 5) is 23.0. The van der Waals surface area contributed by atoms with Crippen LogP contribution in [-0.2, 0) is 14.3 Å². The van der Waals surface area contributed by atoms with E-state index in [1.165, 1.54) is 6.07 Å². The largest absolute Gasteiger partial charge is 0.462 e. The van der Waals surface area contributed by atoms with Crippen LogP contribution < -0.4 is 4.74 Å². The third-order valence-electron chi connectivity index (χ3n) is 2.99. The average molecular weight is 311 g/mol. The summed E-state index contributed by atoms with van der Waals surface area (Å²) in [6, 6.07) is 6.45. The summed E-state index contributed by atoms with van der Waals surface area (Å²) in [5, 5.41) is 0.467. The minimum Gasteiger partial charge on any atom is -0.462 e. The van der Waals surface area contributed by atoms with Gasteiger partial charge in [0.15, 0.2) is 0 Å². The summed E-state index contributed by atoms with van der Waals surface area (Å²) in [6.45, 7) is 4.44. The Balaban J connectivity index is 2.41. The van der Waals surface area contributed by atoms with Crippen LogP contribution in [0.5, 0.6) is 5.75 Å². The van der Waals surface area contributed by atoms with E-state index in [0.717, 1.165) is 25.0 Å². The molecular formula is C16H19ClO4. The molecular weight excluding hydrogens is 292 g/mol. The molecule has 0 aliphatic carbocycles. The Kier molecular flexibility index (Phi) is 7.54. The highest BCUT2D eigenvalue weighted by molar-refractivity contribution is 6.30. The average Bonchev–Trinajstić information content (AvgIpc) is 2.46. The maximum atomic E-state index is 11.5. The fourth-order valence-corrected chi connectivity index (χ4v) is 1.77. The molecule has 114 valence electrons. The first-order valence-electron chi connectivity index (χ1n) is 6.87. The minimum absolute atomic E-state index is 0.322. The predicted molar refractivity (Wildman–Crippen MR) is 81.3 cm³/mol. The highest BCUT2D eigenvalue weighted by Gasteiger charge is 2.07. The molecule has 0 N–H and O–H groups in total. The van der Waals surface area contributed by atoms with Crippen molar-refractivity contribution in [2.75, 3.05) is 6.61 Å². The Morgan fingerprint density at radius 3 is 2.48 bits per heavy atom. The number of esters is 2. The van der Waals surface area contributed by atoms with Gasteiger partial charge in [-0.15, -0.1) is 0 Å². The van der Waals surface area contributed by atoms with E-state index >= 15 is 0 Å². The van der Waals surface area contributed by atoms with Crippen molar-refractivity contribution in [3.05, 3.63) is 41.4 Å². The van der Waals surface area contributed by atoms with Gasteiger partial charge >= 0.3 is 11.9 Å². The molecule has 0 aliphatic heterocycles. The molecule has 0 aliphatic rings. The Hall–Kier alpha value is -1.81. The zero-order chi connectivity index (χ0) is 15.7. The van der Waals surface area contributed by atoms with Crippen molar-refractivity contribution in [3.8, 4) is 5.75 Å². The first kappa shape index (κ1) is 17.2. The van der Waals surface area contributed by atoms with Crippen LogP contribution in [0.4, 0.5) is 0 Å². The number of benzene rings is 1. The monoisotopic (exact) mass is 310 g/mol. The normalized spacial score (nSPS) is 10.9. The molecule has 5 heteroatoms. The smallest absolute Gasteiger partial charge is 0.336 e. The van der Waals surface area contributed by atoms with Crippen LogP contribution in [0, 0.1) is 5.92 Å². The molecule has 0 fully saturated rings. The lowest BCUT2D eigenvalue weighted by molar-refractivity contribution is -0.139. The number of rotatable bonds is 7. The van der Waals surface area contributed by atoms with Crippen LogP contribution in [0.3, 0.4) is 0 Å². The molecule has 1 aromatic rings. The zero-order valence-electron chi connectivity index (χ0n) is 12.2. The van der Waals surface area contributed by atoms with E-state index in [0.29, 0.717) is 23.3 Å². The van der Waals surface area contributed by atoms with Crippen LogP contribution >= 0.6 is 11.6 Å². The summed E-state index contributed by atoms with van der Waals surface area (Å²) in [5.74, 6) is -0.537. The third-order valence-corrected chi connectivity index (χ3v) is 3.22. The summed E-state index contributed by atoms with van der Waals surface area (Å²) < 4.78 is 10.0. The van der Waals surface area contributed by atoms with Gasteiger partial charge in [-0.3, -0.25) is 0 Å². The van der Waals surface area contributed by atoms with Crippen molar-refractivity contribution in [1.29, 1.82) is 0 Å². The molecule has 0 saturated carbocycles. The lowest BCUT2D eigenvalue weighted by Gasteiger charge is -2.11. The Bertz CT molecular complexity index is 507. The van der Waals surface area contributed by atoms with E-state index in [9.17, 15) is 9.59 Å². The summed E-state index contributed by atoms with van der Waals surface area (Å²) >= 11 is 5.77. The van der Waals surface area contributed by atoms with Gasteiger partial charge in [-0.25, -0.2) is 9.59 Å².